The van der Waals surface area contributed by atoms with Crippen LogP contribution in [0.5, 0.6) is 0 Å². The van der Waals surface area contributed by atoms with Crippen LogP contribution in [-0.4, -0.2) is 27.9 Å². The molecule has 0 aromatic heterocycles. The van der Waals surface area contributed by atoms with Gasteiger partial charge in [-0.3, -0.25) is 0 Å². The van der Waals surface area contributed by atoms with Gasteiger partial charge in [0.25, 0.3) is 0 Å². The second kappa shape index (κ2) is 4.09. The van der Waals surface area contributed by atoms with Crippen LogP contribution in [-0.2, 0) is 11.0 Å². The van der Waals surface area contributed by atoms with Crippen LogP contribution in [0.3, 0.4) is 0 Å². The fourth-order valence-electron chi connectivity index (χ4n) is 2.80. The monoisotopic (exact) mass is 201 g/mol. The number of hydrogen-bond donors (Lipinski definition) is 0. The number of fused-ring (bicyclic) bond motifs is 1. The van der Waals surface area contributed by atoms with Gasteiger partial charge in [-0.1, -0.05) is 19.3 Å². The summed E-state index contributed by atoms with van der Waals surface area (Å²) in [6.45, 7) is 2.15. The fraction of sp³-hybridized carbons (Fsp3) is 1.00. The van der Waals surface area contributed by atoms with Crippen molar-refractivity contribution >= 4 is 11.0 Å². The van der Waals surface area contributed by atoms with Crippen molar-refractivity contribution in [3.63, 3.8) is 0 Å². The van der Waals surface area contributed by atoms with E-state index in [1.165, 1.54) is 32.1 Å². The van der Waals surface area contributed by atoms with Crippen LogP contribution < -0.4 is 0 Å². The van der Waals surface area contributed by atoms with Gasteiger partial charge >= 0.3 is 0 Å². The molecule has 0 N–H and O–H groups in total. The second-order valence-electron chi connectivity index (χ2n) is 4.41. The third-order valence-corrected chi connectivity index (χ3v) is 4.68. The normalized spacial score (nSPS) is 38.2. The van der Waals surface area contributed by atoms with Gasteiger partial charge in [0.15, 0.2) is 0 Å². The Morgan fingerprint density at radius 1 is 1.15 bits per heavy atom. The van der Waals surface area contributed by atoms with Crippen molar-refractivity contribution in [1.29, 1.82) is 0 Å². The summed E-state index contributed by atoms with van der Waals surface area (Å²) in [6, 6.07) is 0. The first-order valence-electron chi connectivity index (χ1n) is 5.36. The third kappa shape index (κ3) is 2.13. The molecule has 1 saturated carbocycles. The highest BCUT2D eigenvalue weighted by Crippen LogP contribution is 2.36. The number of nitrogens with zero attached hydrogens (tertiary/aromatic N) is 1. The molecule has 2 nitrogen and oxygen atoms in total. The predicted octanol–water partition coefficient (Wildman–Crippen LogP) is 1.79. The average Bonchev–Trinajstić information content (AvgIpc) is 2.17. The average molecular weight is 201 g/mol. The lowest BCUT2D eigenvalue weighted by Gasteiger charge is -2.40. The molecule has 76 valence electrons. The van der Waals surface area contributed by atoms with Crippen LogP contribution in [0.4, 0.5) is 0 Å². The van der Waals surface area contributed by atoms with Gasteiger partial charge in [0.1, 0.15) is 0 Å². The largest absolute Gasteiger partial charge is 0.243 e. The summed E-state index contributed by atoms with van der Waals surface area (Å²) in [5.41, 5.74) is 0. The van der Waals surface area contributed by atoms with Crippen LogP contribution in [0.25, 0.3) is 0 Å². The zero-order chi connectivity index (χ0) is 9.26. The van der Waals surface area contributed by atoms with E-state index in [2.05, 4.69) is 4.31 Å². The molecule has 3 atom stereocenters. The lowest BCUT2D eigenvalue weighted by molar-refractivity contribution is 0.140. The molecule has 13 heavy (non-hydrogen) atoms. The minimum atomic E-state index is -0.734. The molecule has 2 aliphatic rings. The van der Waals surface area contributed by atoms with E-state index >= 15 is 0 Å². The van der Waals surface area contributed by atoms with Crippen molar-refractivity contribution in [1.82, 2.24) is 4.31 Å². The minimum Gasteiger partial charge on any atom is -0.243 e. The van der Waals surface area contributed by atoms with E-state index in [9.17, 15) is 4.21 Å². The lowest BCUT2D eigenvalue weighted by atomic mass is 9.76. The molecule has 0 radical (unpaired) electrons. The van der Waals surface area contributed by atoms with E-state index in [0.29, 0.717) is 0 Å². The molecule has 0 bridgehead atoms. The van der Waals surface area contributed by atoms with E-state index in [1.807, 2.05) is 6.26 Å². The smallest absolute Gasteiger partial charge is 0.0910 e. The first-order valence-corrected chi connectivity index (χ1v) is 6.87. The van der Waals surface area contributed by atoms with Crippen molar-refractivity contribution in [2.24, 2.45) is 11.8 Å². The van der Waals surface area contributed by atoms with Gasteiger partial charge in [-0.2, -0.15) is 0 Å². The number of rotatable bonds is 1. The van der Waals surface area contributed by atoms with E-state index in [4.69, 9.17) is 0 Å². The molecule has 1 heterocycles. The van der Waals surface area contributed by atoms with Gasteiger partial charge in [-0.15, -0.1) is 0 Å². The zero-order valence-corrected chi connectivity index (χ0v) is 9.18. The highest BCUT2D eigenvalue weighted by molar-refractivity contribution is 7.81. The number of hydrogen-bond acceptors (Lipinski definition) is 1. The van der Waals surface area contributed by atoms with Crippen LogP contribution in [0.1, 0.15) is 32.1 Å². The molecule has 0 aromatic rings. The molecule has 1 saturated heterocycles. The zero-order valence-electron chi connectivity index (χ0n) is 8.37. The Kier molecular flexibility index (Phi) is 3.04. The fourth-order valence-corrected chi connectivity index (χ4v) is 3.56. The Morgan fingerprint density at radius 2 is 1.85 bits per heavy atom. The molecule has 1 aliphatic heterocycles. The highest BCUT2D eigenvalue weighted by Gasteiger charge is 2.31. The maximum absolute atomic E-state index is 11.3. The summed E-state index contributed by atoms with van der Waals surface area (Å²) in [4.78, 5) is 0. The molecule has 2 fully saturated rings. The first kappa shape index (κ1) is 9.66. The topological polar surface area (TPSA) is 20.3 Å². The lowest BCUT2D eigenvalue weighted by Crippen LogP contribution is -2.42. The Balaban J connectivity index is 1.95. The molecule has 0 aromatic carbocycles. The Bertz CT molecular complexity index is 207. The Morgan fingerprint density at radius 3 is 2.54 bits per heavy atom. The molecule has 3 heteroatoms. The van der Waals surface area contributed by atoms with Crippen molar-refractivity contribution in [3.8, 4) is 0 Å². The van der Waals surface area contributed by atoms with Crippen molar-refractivity contribution in [2.45, 2.75) is 32.1 Å². The first-order chi connectivity index (χ1) is 6.27. The van der Waals surface area contributed by atoms with Gasteiger partial charge in [0.2, 0.25) is 0 Å². The molecule has 0 spiro atoms. The molecular weight excluding hydrogens is 182 g/mol. The summed E-state index contributed by atoms with van der Waals surface area (Å²) in [6.07, 6.45) is 8.71. The van der Waals surface area contributed by atoms with Gasteiger partial charge in [0, 0.05) is 19.3 Å². The Hall–Kier alpha value is 0.110. The summed E-state index contributed by atoms with van der Waals surface area (Å²) in [5, 5.41) is 0. The van der Waals surface area contributed by atoms with Gasteiger partial charge < -0.3 is 0 Å². The molecule has 0 amide bonds. The van der Waals surface area contributed by atoms with Gasteiger partial charge in [0.05, 0.1) is 11.0 Å². The van der Waals surface area contributed by atoms with Crippen LogP contribution >= 0.6 is 0 Å². The quantitative estimate of drug-likeness (QED) is 0.633. The molecule has 2 rings (SSSR count). The van der Waals surface area contributed by atoms with E-state index in [0.717, 1.165) is 24.9 Å². The molecule has 3 unspecified atom stereocenters. The van der Waals surface area contributed by atoms with Crippen molar-refractivity contribution < 1.29 is 4.21 Å². The number of piperidine rings is 1. The van der Waals surface area contributed by atoms with E-state index < -0.39 is 11.0 Å². The minimum absolute atomic E-state index is 0.734. The van der Waals surface area contributed by atoms with E-state index in [-0.39, 0.29) is 0 Å². The maximum atomic E-state index is 11.3. The Labute approximate surface area is 83.3 Å². The van der Waals surface area contributed by atoms with Crippen molar-refractivity contribution in [3.05, 3.63) is 0 Å². The van der Waals surface area contributed by atoms with Crippen LogP contribution in [0, 0.1) is 11.8 Å². The van der Waals surface area contributed by atoms with Gasteiger partial charge in [-0.05, 0) is 24.7 Å². The SMILES string of the molecule is CS(=O)N1CCC2CCCCC2C1. The highest BCUT2D eigenvalue weighted by atomic mass is 32.2. The standard InChI is InChI=1S/C10H19NOS/c1-13(12)11-7-6-9-4-2-3-5-10(9)8-11/h9-10H,2-8H2,1H3. The second-order valence-corrected chi connectivity index (χ2v) is 5.77. The van der Waals surface area contributed by atoms with Crippen LogP contribution in [0.15, 0.2) is 0 Å². The summed E-state index contributed by atoms with van der Waals surface area (Å²) in [5.74, 6) is 1.81. The van der Waals surface area contributed by atoms with Gasteiger partial charge in [-0.25, -0.2) is 8.51 Å². The van der Waals surface area contributed by atoms with Crippen LogP contribution in [0.2, 0.25) is 0 Å². The summed E-state index contributed by atoms with van der Waals surface area (Å²) in [7, 11) is -0.734. The van der Waals surface area contributed by atoms with E-state index in [1.54, 1.807) is 0 Å². The molecular formula is C10H19NOS. The third-order valence-electron chi connectivity index (χ3n) is 3.62. The predicted molar refractivity (Wildman–Crippen MR) is 55.7 cm³/mol. The summed E-state index contributed by atoms with van der Waals surface area (Å²) < 4.78 is 13.5. The molecule has 1 aliphatic carbocycles. The van der Waals surface area contributed by atoms with Crippen molar-refractivity contribution in [2.75, 3.05) is 19.3 Å². The maximum Gasteiger partial charge on any atom is 0.0910 e. The summed E-state index contributed by atoms with van der Waals surface area (Å²) >= 11 is 0.